The van der Waals surface area contributed by atoms with Crippen LogP contribution < -0.4 is 9.47 Å². The van der Waals surface area contributed by atoms with Crippen molar-refractivity contribution in [3.05, 3.63) is 17.6 Å². The fraction of sp³-hybridized carbons (Fsp3) is 0.625. The van der Waals surface area contributed by atoms with E-state index in [1.54, 1.807) is 0 Å². The third-order valence-corrected chi connectivity index (χ3v) is 2.82. The van der Waals surface area contributed by atoms with Gasteiger partial charge in [0.25, 0.3) is 0 Å². The summed E-state index contributed by atoms with van der Waals surface area (Å²) >= 11 is 0. The van der Waals surface area contributed by atoms with E-state index in [1.165, 1.54) is 0 Å². The monoisotopic (exact) mass is 266 g/mol. The summed E-state index contributed by atoms with van der Waals surface area (Å²) in [6, 6.07) is 0. The van der Waals surface area contributed by atoms with E-state index >= 15 is 0 Å². The predicted octanol–water partition coefficient (Wildman–Crippen LogP) is 4.98. The van der Waals surface area contributed by atoms with Crippen molar-refractivity contribution in [2.45, 2.75) is 53.4 Å². The minimum Gasteiger partial charge on any atom is -0.487 e. The van der Waals surface area contributed by atoms with Gasteiger partial charge in [-0.3, -0.25) is 0 Å². The van der Waals surface area contributed by atoms with Gasteiger partial charge in [0.2, 0.25) is 11.5 Å². The smallest absolute Gasteiger partial charge is 0.207 e. The normalized spacial score (nSPS) is 11.2. The highest BCUT2D eigenvalue weighted by Gasteiger charge is 2.19. The third kappa shape index (κ3) is 4.66. The van der Waals surface area contributed by atoms with Crippen molar-refractivity contribution in [3.8, 4) is 11.5 Å². The highest BCUT2D eigenvalue weighted by molar-refractivity contribution is 5.59. The zero-order valence-electron chi connectivity index (χ0n) is 12.6. The highest BCUT2D eigenvalue weighted by atomic mass is 16.5. The molecule has 0 aliphatic rings. The Morgan fingerprint density at radius 3 is 2.11 bits per heavy atom. The van der Waals surface area contributed by atoms with E-state index in [1.807, 2.05) is 26.0 Å². The summed E-state index contributed by atoms with van der Waals surface area (Å²) in [4.78, 5) is 0. The molecule has 0 radical (unpaired) electrons. The molecule has 0 fully saturated rings. The van der Waals surface area contributed by atoms with Gasteiger partial charge >= 0.3 is 0 Å². The molecule has 0 aliphatic carbocycles. The van der Waals surface area contributed by atoms with Crippen LogP contribution in [0.3, 0.4) is 0 Å². The second-order valence-corrected chi connectivity index (χ2v) is 4.58. The third-order valence-electron chi connectivity index (χ3n) is 2.82. The van der Waals surface area contributed by atoms with Crippen LogP contribution in [0, 0.1) is 6.92 Å². The second-order valence-electron chi connectivity index (χ2n) is 4.58. The van der Waals surface area contributed by atoms with Crippen LogP contribution in [0.5, 0.6) is 11.5 Å². The fourth-order valence-electron chi connectivity index (χ4n) is 1.73. The predicted molar refractivity (Wildman–Crippen MR) is 79.0 cm³/mol. The van der Waals surface area contributed by atoms with Gasteiger partial charge < -0.3 is 13.9 Å². The highest BCUT2D eigenvalue weighted by Crippen LogP contribution is 2.38. The molecule has 1 aromatic rings. The molecular weight excluding hydrogens is 240 g/mol. The quantitative estimate of drug-likeness (QED) is 0.591. The van der Waals surface area contributed by atoms with Gasteiger partial charge in [0, 0.05) is 0 Å². The number of rotatable bonds is 9. The molecule has 1 heterocycles. The average Bonchev–Trinajstić information content (AvgIpc) is 2.68. The first-order valence-electron chi connectivity index (χ1n) is 7.26. The number of furan rings is 1. The Balaban J connectivity index is 2.84. The minimum absolute atomic E-state index is 0.699. The molecule has 0 N–H and O–H groups in total. The lowest BCUT2D eigenvalue weighted by Gasteiger charge is -2.09. The van der Waals surface area contributed by atoms with Gasteiger partial charge in [0.15, 0.2) is 5.76 Å². The van der Waals surface area contributed by atoms with E-state index in [4.69, 9.17) is 13.9 Å². The fourth-order valence-corrected chi connectivity index (χ4v) is 1.73. The Morgan fingerprint density at radius 2 is 1.58 bits per heavy atom. The SMILES string of the molecule is CC=Cc1oc(C)c(OCCCC)c1OCCCC. The average molecular weight is 266 g/mol. The number of hydrogen-bond acceptors (Lipinski definition) is 3. The minimum atomic E-state index is 0.699. The number of allylic oxidation sites excluding steroid dienone is 1. The number of unbranched alkanes of at least 4 members (excludes halogenated alkanes) is 2. The number of aryl methyl sites for hydroxylation is 1. The van der Waals surface area contributed by atoms with Crippen LogP contribution in [0.1, 0.15) is 58.0 Å². The van der Waals surface area contributed by atoms with E-state index < -0.39 is 0 Å². The molecule has 108 valence electrons. The number of ether oxygens (including phenoxy) is 2. The Hall–Kier alpha value is -1.38. The first kappa shape index (κ1) is 15.7. The van der Waals surface area contributed by atoms with Crippen molar-refractivity contribution in [2.24, 2.45) is 0 Å². The lowest BCUT2D eigenvalue weighted by atomic mass is 10.3. The maximum atomic E-state index is 5.84. The van der Waals surface area contributed by atoms with Crippen molar-refractivity contribution in [1.29, 1.82) is 0 Å². The zero-order chi connectivity index (χ0) is 14.1. The molecule has 0 bridgehead atoms. The Kier molecular flexibility index (Phi) is 7.16. The molecule has 1 aromatic heterocycles. The van der Waals surface area contributed by atoms with Crippen LogP contribution in [-0.4, -0.2) is 13.2 Å². The maximum absolute atomic E-state index is 5.84. The Morgan fingerprint density at radius 1 is 1.00 bits per heavy atom. The van der Waals surface area contributed by atoms with E-state index in [0.717, 1.165) is 48.7 Å². The van der Waals surface area contributed by atoms with E-state index in [0.29, 0.717) is 13.2 Å². The second kappa shape index (κ2) is 8.68. The Bertz CT molecular complexity index is 391. The summed E-state index contributed by atoms with van der Waals surface area (Å²) in [6.45, 7) is 9.58. The summed E-state index contributed by atoms with van der Waals surface area (Å²) < 4.78 is 17.4. The molecule has 0 aliphatic heterocycles. The lowest BCUT2D eigenvalue weighted by Crippen LogP contribution is -2.01. The summed E-state index contributed by atoms with van der Waals surface area (Å²) in [6.07, 6.45) is 8.17. The number of hydrogen-bond donors (Lipinski definition) is 0. The lowest BCUT2D eigenvalue weighted by molar-refractivity contribution is 0.262. The van der Waals surface area contributed by atoms with Crippen molar-refractivity contribution in [3.63, 3.8) is 0 Å². The largest absolute Gasteiger partial charge is 0.487 e. The van der Waals surface area contributed by atoms with Crippen LogP contribution >= 0.6 is 0 Å². The molecular formula is C16H26O3. The van der Waals surface area contributed by atoms with Crippen LogP contribution in [0.25, 0.3) is 6.08 Å². The maximum Gasteiger partial charge on any atom is 0.207 e. The van der Waals surface area contributed by atoms with Crippen LogP contribution in [0.4, 0.5) is 0 Å². The zero-order valence-corrected chi connectivity index (χ0v) is 12.6. The summed E-state index contributed by atoms with van der Waals surface area (Å²) in [5, 5.41) is 0. The van der Waals surface area contributed by atoms with Gasteiger partial charge in [-0.1, -0.05) is 32.8 Å². The van der Waals surface area contributed by atoms with Crippen molar-refractivity contribution in [2.75, 3.05) is 13.2 Å². The van der Waals surface area contributed by atoms with Gasteiger partial charge in [-0.05, 0) is 32.8 Å². The van der Waals surface area contributed by atoms with Crippen molar-refractivity contribution < 1.29 is 13.9 Å². The van der Waals surface area contributed by atoms with Gasteiger partial charge in [-0.15, -0.1) is 0 Å². The van der Waals surface area contributed by atoms with Crippen LogP contribution in [0.2, 0.25) is 0 Å². The molecule has 0 spiro atoms. The van der Waals surface area contributed by atoms with Gasteiger partial charge in [0.1, 0.15) is 5.76 Å². The first-order valence-corrected chi connectivity index (χ1v) is 7.26. The van der Waals surface area contributed by atoms with Gasteiger partial charge in [-0.2, -0.15) is 0 Å². The van der Waals surface area contributed by atoms with Crippen LogP contribution in [-0.2, 0) is 0 Å². The molecule has 3 nitrogen and oxygen atoms in total. The molecule has 0 aromatic carbocycles. The summed E-state index contributed by atoms with van der Waals surface area (Å²) in [7, 11) is 0. The van der Waals surface area contributed by atoms with Gasteiger partial charge in [-0.25, -0.2) is 0 Å². The summed E-state index contributed by atoms with van der Waals surface area (Å²) in [5.41, 5.74) is 0. The molecule has 3 heteroatoms. The topological polar surface area (TPSA) is 31.6 Å². The van der Waals surface area contributed by atoms with Gasteiger partial charge in [0.05, 0.1) is 13.2 Å². The van der Waals surface area contributed by atoms with Crippen molar-refractivity contribution >= 4 is 6.08 Å². The molecule has 0 amide bonds. The Labute approximate surface area is 116 Å². The van der Waals surface area contributed by atoms with E-state index in [2.05, 4.69) is 13.8 Å². The summed E-state index contributed by atoms with van der Waals surface area (Å²) in [5.74, 6) is 3.05. The standard InChI is InChI=1S/C16H26O3/c1-5-8-11-17-15-13(4)19-14(10-7-3)16(15)18-12-9-6-2/h7,10H,5-6,8-9,11-12H2,1-4H3. The van der Waals surface area contributed by atoms with Crippen LogP contribution in [0.15, 0.2) is 10.5 Å². The van der Waals surface area contributed by atoms with Crippen molar-refractivity contribution in [1.82, 2.24) is 0 Å². The first-order chi connectivity index (χ1) is 9.24. The molecule has 19 heavy (non-hydrogen) atoms. The van der Waals surface area contributed by atoms with E-state index in [-0.39, 0.29) is 0 Å². The molecule has 0 unspecified atom stereocenters. The van der Waals surface area contributed by atoms with E-state index in [9.17, 15) is 0 Å². The molecule has 1 rings (SSSR count). The molecule has 0 atom stereocenters. The molecule has 0 saturated heterocycles. The molecule has 0 saturated carbocycles.